The van der Waals surface area contributed by atoms with Gasteiger partial charge in [0.05, 0.1) is 6.04 Å². The Hall–Kier alpha value is -2.04. The standard InChI is InChI=1S/C13H17N3O2/c1-2-14-13(18)15-10-8-12(17)16(9-10)11-6-4-3-5-7-11/h3-7,10H,2,8-9H2,1H3,(H2,14,15,18)/t10-/m0/s1. The Bertz CT molecular complexity index is 433. The van der Waals surface area contributed by atoms with Crippen molar-refractivity contribution in [3.05, 3.63) is 30.3 Å². The van der Waals surface area contributed by atoms with Crippen LogP contribution in [0, 0.1) is 0 Å². The summed E-state index contributed by atoms with van der Waals surface area (Å²) in [7, 11) is 0. The molecule has 1 aromatic rings. The van der Waals surface area contributed by atoms with E-state index in [0.717, 1.165) is 5.69 Å². The van der Waals surface area contributed by atoms with Gasteiger partial charge in [0.2, 0.25) is 5.91 Å². The van der Waals surface area contributed by atoms with E-state index in [2.05, 4.69) is 10.6 Å². The summed E-state index contributed by atoms with van der Waals surface area (Å²) in [6, 6.07) is 9.16. The van der Waals surface area contributed by atoms with E-state index in [9.17, 15) is 9.59 Å². The first-order chi connectivity index (χ1) is 8.70. The average Bonchev–Trinajstić information content (AvgIpc) is 2.71. The largest absolute Gasteiger partial charge is 0.338 e. The summed E-state index contributed by atoms with van der Waals surface area (Å²) in [5.41, 5.74) is 0.877. The van der Waals surface area contributed by atoms with Gasteiger partial charge in [-0.2, -0.15) is 0 Å². The SMILES string of the molecule is CCNC(=O)N[C@H]1CC(=O)N(c2ccccc2)C1. The predicted molar refractivity (Wildman–Crippen MR) is 69.4 cm³/mol. The molecule has 0 bridgehead atoms. The maximum Gasteiger partial charge on any atom is 0.315 e. The number of amides is 3. The van der Waals surface area contributed by atoms with Gasteiger partial charge in [0, 0.05) is 25.2 Å². The highest BCUT2D eigenvalue weighted by Crippen LogP contribution is 2.20. The molecule has 1 atom stereocenters. The van der Waals surface area contributed by atoms with Crippen molar-refractivity contribution in [3.8, 4) is 0 Å². The Morgan fingerprint density at radius 1 is 1.39 bits per heavy atom. The van der Waals surface area contributed by atoms with E-state index in [0.29, 0.717) is 19.5 Å². The van der Waals surface area contributed by atoms with Gasteiger partial charge in [-0.3, -0.25) is 4.79 Å². The number of anilines is 1. The monoisotopic (exact) mass is 247 g/mol. The molecular weight excluding hydrogens is 230 g/mol. The number of hydrogen-bond acceptors (Lipinski definition) is 2. The number of urea groups is 1. The highest BCUT2D eigenvalue weighted by Gasteiger charge is 2.31. The first-order valence-corrected chi connectivity index (χ1v) is 6.10. The van der Waals surface area contributed by atoms with E-state index in [1.54, 1.807) is 4.90 Å². The Morgan fingerprint density at radius 2 is 2.11 bits per heavy atom. The summed E-state index contributed by atoms with van der Waals surface area (Å²) in [5, 5.41) is 5.46. The van der Waals surface area contributed by atoms with Crippen molar-refractivity contribution in [3.63, 3.8) is 0 Å². The Balaban J connectivity index is 1.97. The average molecular weight is 247 g/mol. The fraction of sp³-hybridized carbons (Fsp3) is 0.385. The van der Waals surface area contributed by atoms with E-state index in [-0.39, 0.29) is 18.0 Å². The van der Waals surface area contributed by atoms with Crippen molar-refractivity contribution in [2.24, 2.45) is 0 Å². The summed E-state index contributed by atoms with van der Waals surface area (Å²) in [5.74, 6) is 0.0444. The van der Waals surface area contributed by atoms with Crippen molar-refractivity contribution < 1.29 is 9.59 Å². The van der Waals surface area contributed by atoms with Crippen molar-refractivity contribution in [1.29, 1.82) is 0 Å². The highest BCUT2D eigenvalue weighted by molar-refractivity contribution is 5.96. The maximum absolute atomic E-state index is 11.9. The van der Waals surface area contributed by atoms with Crippen molar-refractivity contribution in [2.75, 3.05) is 18.0 Å². The maximum atomic E-state index is 11.9. The zero-order chi connectivity index (χ0) is 13.0. The molecule has 3 amide bonds. The van der Waals surface area contributed by atoms with E-state index in [1.165, 1.54) is 0 Å². The Morgan fingerprint density at radius 3 is 2.78 bits per heavy atom. The minimum absolute atomic E-state index is 0.0444. The van der Waals surface area contributed by atoms with Crippen LogP contribution in [-0.4, -0.2) is 31.1 Å². The number of carbonyl (C=O) groups excluding carboxylic acids is 2. The molecule has 96 valence electrons. The van der Waals surface area contributed by atoms with Gasteiger partial charge >= 0.3 is 6.03 Å². The number of para-hydroxylation sites is 1. The first kappa shape index (κ1) is 12.4. The topological polar surface area (TPSA) is 61.4 Å². The molecule has 18 heavy (non-hydrogen) atoms. The molecule has 1 aliphatic heterocycles. The summed E-state index contributed by atoms with van der Waals surface area (Å²) in [6.07, 6.45) is 0.353. The Kier molecular flexibility index (Phi) is 3.82. The quantitative estimate of drug-likeness (QED) is 0.840. The van der Waals surface area contributed by atoms with Crippen LogP contribution in [-0.2, 0) is 4.79 Å². The molecule has 0 saturated carbocycles. The minimum atomic E-state index is -0.217. The second-order valence-corrected chi connectivity index (χ2v) is 4.24. The van der Waals surface area contributed by atoms with Gasteiger partial charge in [0.1, 0.15) is 0 Å². The molecule has 1 aromatic carbocycles. The third kappa shape index (κ3) is 2.80. The number of carbonyl (C=O) groups is 2. The summed E-state index contributed by atoms with van der Waals surface area (Å²) in [6.45, 7) is 2.96. The number of rotatable bonds is 3. The van der Waals surface area contributed by atoms with Gasteiger partial charge in [0.15, 0.2) is 0 Å². The number of nitrogens with zero attached hydrogens (tertiary/aromatic N) is 1. The molecular formula is C13H17N3O2. The van der Waals surface area contributed by atoms with Crippen LogP contribution in [0.1, 0.15) is 13.3 Å². The second kappa shape index (κ2) is 5.53. The van der Waals surface area contributed by atoms with Gasteiger partial charge < -0.3 is 15.5 Å². The minimum Gasteiger partial charge on any atom is -0.338 e. The van der Waals surface area contributed by atoms with Crippen LogP contribution in [0.3, 0.4) is 0 Å². The van der Waals surface area contributed by atoms with Crippen LogP contribution in [0.25, 0.3) is 0 Å². The molecule has 2 N–H and O–H groups in total. The fourth-order valence-electron chi connectivity index (χ4n) is 2.06. The molecule has 1 fully saturated rings. The third-order valence-electron chi connectivity index (χ3n) is 2.87. The molecule has 0 radical (unpaired) electrons. The lowest BCUT2D eigenvalue weighted by Gasteiger charge is -2.17. The number of nitrogens with one attached hydrogen (secondary N) is 2. The van der Waals surface area contributed by atoms with Crippen molar-refractivity contribution >= 4 is 17.6 Å². The predicted octanol–water partition coefficient (Wildman–Crippen LogP) is 1.11. The summed E-state index contributed by atoms with van der Waals surface area (Å²) >= 11 is 0. The van der Waals surface area contributed by atoms with Gasteiger partial charge in [-0.25, -0.2) is 4.79 Å². The van der Waals surface area contributed by atoms with E-state index in [1.807, 2.05) is 37.3 Å². The molecule has 1 aliphatic rings. The van der Waals surface area contributed by atoms with Crippen LogP contribution in [0.5, 0.6) is 0 Å². The normalized spacial score (nSPS) is 18.8. The van der Waals surface area contributed by atoms with Crippen LogP contribution in [0.2, 0.25) is 0 Å². The molecule has 1 heterocycles. The number of hydrogen-bond donors (Lipinski definition) is 2. The van der Waals surface area contributed by atoms with Gasteiger partial charge in [-0.1, -0.05) is 18.2 Å². The van der Waals surface area contributed by atoms with Crippen LogP contribution < -0.4 is 15.5 Å². The van der Waals surface area contributed by atoms with E-state index >= 15 is 0 Å². The van der Waals surface area contributed by atoms with Crippen LogP contribution >= 0.6 is 0 Å². The van der Waals surface area contributed by atoms with Crippen molar-refractivity contribution in [1.82, 2.24) is 10.6 Å². The van der Waals surface area contributed by atoms with E-state index in [4.69, 9.17) is 0 Å². The third-order valence-corrected chi connectivity index (χ3v) is 2.87. The van der Waals surface area contributed by atoms with E-state index < -0.39 is 0 Å². The zero-order valence-electron chi connectivity index (χ0n) is 10.3. The summed E-state index contributed by atoms with van der Waals surface area (Å²) in [4.78, 5) is 25.0. The number of benzene rings is 1. The van der Waals surface area contributed by atoms with Gasteiger partial charge in [-0.15, -0.1) is 0 Å². The lowest BCUT2D eigenvalue weighted by atomic mass is 10.2. The molecule has 0 unspecified atom stereocenters. The van der Waals surface area contributed by atoms with Crippen LogP contribution in [0.4, 0.5) is 10.5 Å². The molecule has 5 heteroatoms. The van der Waals surface area contributed by atoms with Gasteiger partial charge in [-0.05, 0) is 19.1 Å². The second-order valence-electron chi connectivity index (χ2n) is 4.24. The van der Waals surface area contributed by atoms with Crippen molar-refractivity contribution in [2.45, 2.75) is 19.4 Å². The fourth-order valence-corrected chi connectivity index (χ4v) is 2.06. The zero-order valence-corrected chi connectivity index (χ0v) is 10.3. The highest BCUT2D eigenvalue weighted by atomic mass is 16.2. The molecule has 5 nitrogen and oxygen atoms in total. The van der Waals surface area contributed by atoms with Gasteiger partial charge in [0.25, 0.3) is 0 Å². The lowest BCUT2D eigenvalue weighted by Crippen LogP contribution is -2.43. The molecule has 2 rings (SSSR count). The Labute approximate surface area is 106 Å². The lowest BCUT2D eigenvalue weighted by molar-refractivity contribution is -0.117. The summed E-state index contributed by atoms with van der Waals surface area (Å²) < 4.78 is 0. The van der Waals surface area contributed by atoms with Crippen LogP contribution in [0.15, 0.2) is 30.3 Å². The first-order valence-electron chi connectivity index (χ1n) is 6.10. The molecule has 0 aromatic heterocycles. The molecule has 0 spiro atoms. The smallest absolute Gasteiger partial charge is 0.315 e. The molecule has 1 saturated heterocycles. The molecule has 0 aliphatic carbocycles.